The van der Waals surface area contributed by atoms with Crippen LogP contribution in [0.2, 0.25) is 6.04 Å². The van der Waals surface area contributed by atoms with Crippen molar-refractivity contribution in [1.82, 2.24) is 0 Å². The largest absolute Gasteiger partial charge is 0.103 e. The van der Waals surface area contributed by atoms with E-state index in [0.29, 0.717) is 0 Å². The van der Waals surface area contributed by atoms with Crippen LogP contribution in [0.1, 0.15) is 77.0 Å². The maximum absolute atomic E-state index is 3.75. The molecule has 0 aromatic rings. The normalized spacial score (nSPS) is 10.8. The molecule has 1 heteroatoms. The minimum atomic E-state index is 1.21. The number of allylic oxidation sites excluding steroid dienone is 1. The van der Waals surface area contributed by atoms with E-state index in [1.54, 1.807) is 0 Å². The summed E-state index contributed by atoms with van der Waals surface area (Å²) in [5.41, 5.74) is 0. The van der Waals surface area contributed by atoms with E-state index < -0.39 is 0 Å². The third-order valence-electron chi connectivity index (χ3n) is 3.26. The third-order valence-corrected chi connectivity index (χ3v) is 3.97. The van der Waals surface area contributed by atoms with Crippen molar-refractivity contribution in [2.24, 2.45) is 0 Å². The Labute approximate surface area is 106 Å². The molecule has 0 aliphatic rings. The number of hydrogen-bond donors (Lipinski definition) is 0. The van der Waals surface area contributed by atoms with Crippen LogP contribution in [0.25, 0.3) is 0 Å². The average Bonchev–Trinajstić information content (AvgIpc) is 2.31. The van der Waals surface area contributed by atoms with Crippen molar-refractivity contribution < 1.29 is 0 Å². The second-order valence-corrected chi connectivity index (χ2v) is 5.97. The highest BCUT2D eigenvalue weighted by Gasteiger charge is 1.92. The van der Waals surface area contributed by atoms with Crippen molar-refractivity contribution in [3.05, 3.63) is 12.7 Å². The Morgan fingerprint density at radius 3 is 1.38 bits per heavy atom. The summed E-state index contributed by atoms with van der Waals surface area (Å²) in [6.45, 7) is 3.75. The first-order chi connectivity index (χ1) is 7.91. The Balaban J connectivity index is 2.85. The van der Waals surface area contributed by atoms with Gasteiger partial charge in [-0.2, -0.15) is 0 Å². The summed E-state index contributed by atoms with van der Waals surface area (Å²) in [7, 11) is 1.40. The van der Waals surface area contributed by atoms with E-state index in [9.17, 15) is 0 Å². The van der Waals surface area contributed by atoms with Gasteiger partial charge >= 0.3 is 0 Å². The predicted octanol–water partition coefficient (Wildman–Crippen LogP) is 4.64. The molecule has 0 heterocycles. The number of hydrogen-bond acceptors (Lipinski definition) is 0. The second-order valence-electron chi connectivity index (χ2n) is 4.97. The van der Waals surface area contributed by atoms with Crippen LogP contribution in [-0.2, 0) is 0 Å². The van der Waals surface area contributed by atoms with Gasteiger partial charge in [0.2, 0.25) is 0 Å². The lowest BCUT2D eigenvalue weighted by molar-refractivity contribution is 0.550. The van der Waals surface area contributed by atoms with Gasteiger partial charge in [-0.05, 0) is 12.8 Å². The molecule has 96 valence electrons. The van der Waals surface area contributed by atoms with Crippen molar-refractivity contribution in [2.45, 2.75) is 83.1 Å². The molecule has 0 bridgehead atoms. The third kappa shape index (κ3) is 14.0. The van der Waals surface area contributed by atoms with E-state index in [1.165, 1.54) is 93.3 Å². The maximum atomic E-state index is 3.75. The standard InChI is InChI=1S/C15H32Si/c1-2-3-4-5-6-7-8-9-10-11-12-13-14-15-16/h2H,1,3-15H2,16H3. The molecule has 0 aliphatic heterocycles. The molecule has 0 saturated heterocycles. The molecule has 0 spiro atoms. The average molecular weight is 241 g/mol. The fourth-order valence-corrected chi connectivity index (χ4v) is 2.63. The summed E-state index contributed by atoms with van der Waals surface area (Å²) < 4.78 is 0. The smallest absolute Gasteiger partial charge is 0.00279 e. The van der Waals surface area contributed by atoms with Crippen LogP contribution in [0.4, 0.5) is 0 Å². The highest BCUT2D eigenvalue weighted by molar-refractivity contribution is 6.08. The van der Waals surface area contributed by atoms with Crippen molar-refractivity contribution in [3.63, 3.8) is 0 Å². The first kappa shape index (κ1) is 16.0. The summed E-state index contributed by atoms with van der Waals surface area (Å²) in [5.74, 6) is 0. The van der Waals surface area contributed by atoms with Gasteiger partial charge < -0.3 is 0 Å². The van der Waals surface area contributed by atoms with Gasteiger partial charge in [0.25, 0.3) is 0 Å². The van der Waals surface area contributed by atoms with Crippen LogP contribution in [0.3, 0.4) is 0 Å². The summed E-state index contributed by atoms with van der Waals surface area (Å²) >= 11 is 0. The highest BCUT2D eigenvalue weighted by atomic mass is 28.1. The summed E-state index contributed by atoms with van der Waals surface area (Å²) in [6, 6.07) is 1.50. The molecule has 0 fully saturated rings. The Morgan fingerprint density at radius 2 is 1.00 bits per heavy atom. The van der Waals surface area contributed by atoms with Crippen LogP contribution in [-0.4, -0.2) is 10.2 Å². The molecule has 0 nitrogen and oxygen atoms in total. The van der Waals surface area contributed by atoms with E-state index in [2.05, 4.69) is 6.58 Å². The van der Waals surface area contributed by atoms with Gasteiger partial charge in [-0.15, -0.1) is 6.58 Å². The molecule has 0 aliphatic carbocycles. The van der Waals surface area contributed by atoms with Crippen LogP contribution < -0.4 is 0 Å². The molecular weight excluding hydrogens is 208 g/mol. The minimum Gasteiger partial charge on any atom is -0.103 e. The van der Waals surface area contributed by atoms with E-state index >= 15 is 0 Å². The van der Waals surface area contributed by atoms with Gasteiger partial charge in [0.1, 0.15) is 0 Å². The molecule has 0 saturated carbocycles. The second kappa shape index (κ2) is 15.0. The van der Waals surface area contributed by atoms with Crippen molar-refractivity contribution >= 4 is 10.2 Å². The molecule has 0 amide bonds. The summed E-state index contributed by atoms with van der Waals surface area (Å²) in [4.78, 5) is 0. The van der Waals surface area contributed by atoms with E-state index in [1.807, 2.05) is 6.08 Å². The SMILES string of the molecule is C=CCCCCCCCCCCCCC[SiH3]. The molecule has 0 unspecified atom stereocenters. The Kier molecular flexibility index (Phi) is 14.9. The zero-order valence-corrected chi connectivity index (χ0v) is 13.5. The zero-order chi connectivity index (χ0) is 11.9. The lowest BCUT2D eigenvalue weighted by atomic mass is 10.1. The van der Waals surface area contributed by atoms with E-state index in [0.717, 1.165) is 0 Å². The molecule has 0 atom stereocenters. The van der Waals surface area contributed by atoms with Gasteiger partial charge in [-0.1, -0.05) is 76.3 Å². The lowest BCUT2D eigenvalue weighted by Crippen LogP contribution is -1.82. The van der Waals surface area contributed by atoms with Crippen LogP contribution in [0.15, 0.2) is 12.7 Å². The highest BCUT2D eigenvalue weighted by Crippen LogP contribution is 2.12. The van der Waals surface area contributed by atoms with Crippen molar-refractivity contribution in [3.8, 4) is 0 Å². The molecule has 0 N–H and O–H groups in total. The predicted molar refractivity (Wildman–Crippen MR) is 80.3 cm³/mol. The molecule has 0 aromatic carbocycles. The maximum Gasteiger partial charge on any atom is 0.00279 e. The van der Waals surface area contributed by atoms with E-state index in [-0.39, 0.29) is 0 Å². The number of unbranched alkanes of at least 4 members (excludes halogenated alkanes) is 11. The fourth-order valence-electron chi connectivity index (χ4n) is 2.13. The summed E-state index contributed by atoms with van der Waals surface area (Å²) in [5, 5.41) is 0. The Morgan fingerprint density at radius 1 is 0.625 bits per heavy atom. The minimum absolute atomic E-state index is 1.21. The number of rotatable bonds is 13. The fraction of sp³-hybridized carbons (Fsp3) is 0.867. The lowest BCUT2D eigenvalue weighted by Gasteiger charge is -2.02. The molecule has 0 rings (SSSR count). The topological polar surface area (TPSA) is 0 Å². The van der Waals surface area contributed by atoms with Crippen molar-refractivity contribution in [1.29, 1.82) is 0 Å². The monoisotopic (exact) mass is 240 g/mol. The van der Waals surface area contributed by atoms with Crippen LogP contribution >= 0.6 is 0 Å². The van der Waals surface area contributed by atoms with Gasteiger partial charge in [-0.25, -0.2) is 0 Å². The van der Waals surface area contributed by atoms with Crippen LogP contribution in [0.5, 0.6) is 0 Å². The summed E-state index contributed by atoms with van der Waals surface area (Å²) in [6.07, 6.45) is 19.3. The molecular formula is C15H32Si. The zero-order valence-electron chi connectivity index (χ0n) is 11.5. The van der Waals surface area contributed by atoms with Gasteiger partial charge in [0, 0.05) is 10.2 Å². The van der Waals surface area contributed by atoms with Gasteiger partial charge in [0.05, 0.1) is 0 Å². The molecule has 0 aromatic heterocycles. The van der Waals surface area contributed by atoms with Gasteiger partial charge in [0.15, 0.2) is 0 Å². The van der Waals surface area contributed by atoms with E-state index in [4.69, 9.17) is 0 Å². The first-order valence-corrected chi connectivity index (χ1v) is 8.94. The van der Waals surface area contributed by atoms with Crippen molar-refractivity contribution in [2.75, 3.05) is 0 Å². The first-order valence-electron chi connectivity index (χ1n) is 7.52. The molecule has 0 radical (unpaired) electrons. The van der Waals surface area contributed by atoms with Gasteiger partial charge in [-0.3, -0.25) is 0 Å². The van der Waals surface area contributed by atoms with Crippen LogP contribution in [0, 0.1) is 0 Å². The Bertz CT molecular complexity index is 131. The quantitative estimate of drug-likeness (QED) is 0.250. The Hall–Kier alpha value is -0.0431. The molecule has 16 heavy (non-hydrogen) atoms.